The van der Waals surface area contributed by atoms with E-state index in [-0.39, 0.29) is 5.78 Å². The average Bonchev–Trinajstić information content (AvgIpc) is 2.99. The molecule has 22 heavy (non-hydrogen) atoms. The van der Waals surface area contributed by atoms with Crippen molar-refractivity contribution >= 4 is 39.7 Å². The molecule has 0 aliphatic heterocycles. The quantitative estimate of drug-likeness (QED) is 0.384. The maximum absolute atomic E-state index is 12.7. The number of benzene rings is 2. The third-order valence-electron chi connectivity index (χ3n) is 3.61. The molecule has 0 N–H and O–H groups in total. The lowest BCUT2D eigenvalue weighted by Gasteiger charge is -2.04. The summed E-state index contributed by atoms with van der Waals surface area (Å²) in [5, 5.41) is 0. The zero-order chi connectivity index (χ0) is 15.7. The van der Waals surface area contributed by atoms with Crippen LogP contribution in [-0.4, -0.2) is 5.78 Å². The second-order valence-corrected chi connectivity index (χ2v) is 7.65. The summed E-state index contributed by atoms with van der Waals surface area (Å²) in [5.41, 5.74) is 4.22. The second kappa shape index (κ2) is 6.34. The maximum atomic E-state index is 12.7. The van der Waals surface area contributed by atoms with E-state index in [9.17, 15) is 4.79 Å². The average molecular weight is 418 g/mol. The molecule has 0 saturated carbocycles. The Balaban J connectivity index is 1.95. The number of ketones is 1. The van der Waals surface area contributed by atoms with Crippen molar-refractivity contribution in [1.82, 2.24) is 0 Å². The van der Waals surface area contributed by atoms with Crippen LogP contribution in [0.1, 0.15) is 26.4 Å². The van der Waals surface area contributed by atoms with Gasteiger partial charge in [0.25, 0.3) is 0 Å². The lowest BCUT2D eigenvalue weighted by Crippen LogP contribution is -2.01. The summed E-state index contributed by atoms with van der Waals surface area (Å²) in [6.45, 7) is 4.06. The fourth-order valence-electron chi connectivity index (χ4n) is 2.30. The molecule has 0 radical (unpaired) electrons. The predicted octanol–water partition coefficient (Wildman–Crippen LogP) is 5.87. The Morgan fingerprint density at radius 3 is 2.41 bits per heavy atom. The molecule has 1 heterocycles. The lowest BCUT2D eigenvalue weighted by molar-refractivity contribution is 0.104. The van der Waals surface area contributed by atoms with Crippen molar-refractivity contribution < 1.29 is 4.79 Å². The standard InChI is InChI=1S/C19H15IOS/c1-12-3-6-14(7-4-12)17-9-10-18(22-17)19(21)16-11-15(20)8-5-13(16)2/h3-11H,1-2H3. The molecule has 0 atom stereocenters. The number of hydrogen-bond donors (Lipinski definition) is 0. The van der Waals surface area contributed by atoms with Crippen LogP contribution in [0.25, 0.3) is 10.4 Å². The van der Waals surface area contributed by atoms with Crippen LogP contribution in [0.3, 0.4) is 0 Å². The second-order valence-electron chi connectivity index (χ2n) is 5.32. The van der Waals surface area contributed by atoms with Crippen LogP contribution in [0.15, 0.2) is 54.6 Å². The number of rotatable bonds is 3. The summed E-state index contributed by atoms with van der Waals surface area (Å²) in [6, 6.07) is 18.4. The van der Waals surface area contributed by atoms with Gasteiger partial charge in [-0.25, -0.2) is 0 Å². The van der Waals surface area contributed by atoms with Crippen LogP contribution in [0.2, 0.25) is 0 Å². The summed E-state index contributed by atoms with van der Waals surface area (Å²) in [4.78, 5) is 14.6. The van der Waals surface area contributed by atoms with E-state index in [4.69, 9.17) is 0 Å². The van der Waals surface area contributed by atoms with Crippen LogP contribution in [0.5, 0.6) is 0 Å². The molecular formula is C19H15IOS. The highest BCUT2D eigenvalue weighted by Crippen LogP contribution is 2.30. The first-order valence-electron chi connectivity index (χ1n) is 7.02. The first-order valence-corrected chi connectivity index (χ1v) is 8.92. The highest BCUT2D eigenvalue weighted by Gasteiger charge is 2.15. The Morgan fingerprint density at radius 2 is 1.68 bits per heavy atom. The van der Waals surface area contributed by atoms with Gasteiger partial charge in [0.15, 0.2) is 0 Å². The molecule has 0 unspecified atom stereocenters. The summed E-state index contributed by atoms with van der Waals surface area (Å²) in [7, 11) is 0. The number of thiophene rings is 1. The molecule has 110 valence electrons. The molecule has 3 rings (SSSR count). The highest BCUT2D eigenvalue weighted by atomic mass is 127. The van der Waals surface area contributed by atoms with Gasteiger partial charge < -0.3 is 0 Å². The van der Waals surface area contributed by atoms with E-state index in [0.717, 1.165) is 30.0 Å². The number of aryl methyl sites for hydroxylation is 2. The number of carbonyl (C=O) groups excluding carboxylic acids is 1. The van der Waals surface area contributed by atoms with Gasteiger partial charge in [0.05, 0.1) is 4.88 Å². The van der Waals surface area contributed by atoms with Crippen molar-refractivity contribution in [2.45, 2.75) is 13.8 Å². The van der Waals surface area contributed by atoms with Gasteiger partial charge in [0, 0.05) is 14.0 Å². The van der Waals surface area contributed by atoms with Crippen molar-refractivity contribution in [3.8, 4) is 10.4 Å². The van der Waals surface area contributed by atoms with Crippen molar-refractivity contribution in [2.75, 3.05) is 0 Å². The summed E-state index contributed by atoms with van der Waals surface area (Å²) >= 11 is 3.80. The van der Waals surface area contributed by atoms with Gasteiger partial charge in [-0.1, -0.05) is 35.9 Å². The van der Waals surface area contributed by atoms with E-state index in [1.54, 1.807) is 11.3 Å². The Kier molecular flexibility index (Phi) is 4.45. The predicted molar refractivity (Wildman–Crippen MR) is 102 cm³/mol. The minimum Gasteiger partial charge on any atom is -0.288 e. The van der Waals surface area contributed by atoms with Crippen LogP contribution in [0.4, 0.5) is 0 Å². The largest absolute Gasteiger partial charge is 0.288 e. The molecule has 0 saturated heterocycles. The normalized spacial score (nSPS) is 10.7. The molecule has 0 aliphatic rings. The molecule has 3 aromatic rings. The molecule has 1 aromatic heterocycles. The Hall–Kier alpha value is -1.46. The van der Waals surface area contributed by atoms with Crippen molar-refractivity contribution in [3.05, 3.63) is 79.7 Å². The third kappa shape index (κ3) is 3.15. The van der Waals surface area contributed by atoms with Gasteiger partial charge in [0.2, 0.25) is 5.78 Å². The van der Waals surface area contributed by atoms with Gasteiger partial charge in [0.1, 0.15) is 0 Å². The number of carbonyl (C=O) groups is 1. The zero-order valence-electron chi connectivity index (χ0n) is 12.4. The van der Waals surface area contributed by atoms with E-state index in [0.29, 0.717) is 0 Å². The molecule has 3 heteroatoms. The summed E-state index contributed by atoms with van der Waals surface area (Å²) in [5.74, 6) is 0.111. The van der Waals surface area contributed by atoms with E-state index < -0.39 is 0 Å². The minimum absolute atomic E-state index is 0.111. The van der Waals surface area contributed by atoms with E-state index >= 15 is 0 Å². The Morgan fingerprint density at radius 1 is 0.955 bits per heavy atom. The van der Waals surface area contributed by atoms with Gasteiger partial charge in [-0.3, -0.25) is 4.79 Å². The molecule has 0 fully saturated rings. The summed E-state index contributed by atoms with van der Waals surface area (Å²) in [6.07, 6.45) is 0. The summed E-state index contributed by atoms with van der Waals surface area (Å²) < 4.78 is 1.09. The van der Waals surface area contributed by atoms with Crippen LogP contribution in [-0.2, 0) is 0 Å². The Bertz CT molecular complexity index is 831. The van der Waals surface area contributed by atoms with Crippen LogP contribution >= 0.6 is 33.9 Å². The number of hydrogen-bond acceptors (Lipinski definition) is 2. The van der Waals surface area contributed by atoms with Gasteiger partial charge in [-0.15, -0.1) is 11.3 Å². The maximum Gasteiger partial charge on any atom is 0.203 e. The molecule has 2 aromatic carbocycles. The van der Waals surface area contributed by atoms with Gasteiger partial charge >= 0.3 is 0 Å². The molecule has 0 bridgehead atoms. The highest BCUT2D eigenvalue weighted by molar-refractivity contribution is 14.1. The van der Waals surface area contributed by atoms with E-state index in [1.165, 1.54) is 5.56 Å². The third-order valence-corrected chi connectivity index (χ3v) is 5.41. The van der Waals surface area contributed by atoms with Crippen LogP contribution < -0.4 is 0 Å². The lowest BCUT2D eigenvalue weighted by atomic mass is 10.0. The molecular weight excluding hydrogens is 403 g/mol. The topological polar surface area (TPSA) is 17.1 Å². The van der Waals surface area contributed by atoms with Gasteiger partial charge in [-0.2, -0.15) is 0 Å². The molecule has 0 aliphatic carbocycles. The molecule has 0 amide bonds. The zero-order valence-corrected chi connectivity index (χ0v) is 15.4. The van der Waals surface area contributed by atoms with Crippen molar-refractivity contribution in [2.24, 2.45) is 0 Å². The van der Waals surface area contributed by atoms with Crippen molar-refractivity contribution in [3.63, 3.8) is 0 Å². The fourth-order valence-corrected chi connectivity index (χ4v) is 3.76. The Labute approximate surface area is 148 Å². The first kappa shape index (κ1) is 15.4. The van der Waals surface area contributed by atoms with Crippen LogP contribution in [0, 0.1) is 17.4 Å². The molecule has 1 nitrogen and oxygen atoms in total. The van der Waals surface area contributed by atoms with E-state index in [1.807, 2.05) is 37.3 Å². The van der Waals surface area contributed by atoms with E-state index in [2.05, 4.69) is 53.8 Å². The first-order chi connectivity index (χ1) is 10.5. The molecule has 0 spiro atoms. The smallest absolute Gasteiger partial charge is 0.203 e. The number of halogens is 1. The SMILES string of the molecule is Cc1ccc(-c2ccc(C(=O)c3cc(I)ccc3C)s2)cc1. The fraction of sp³-hybridized carbons (Fsp3) is 0.105. The van der Waals surface area contributed by atoms with Crippen molar-refractivity contribution in [1.29, 1.82) is 0 Å². The monoisotopic (exact) mass is 418 g/mol. The van der Waals surface area contributed by atoms with Gasteiger partial charge in [-0.05, 0) is 71.8 Å². The minimum atomic E-state index is 0.111.